The van der Waals surface area contributed by atoms with Gasteiger partial charge in [0.1, 0.15) is 13.5 Å². The lowest BCUT2D eigenvalue weighted by atomic mass is 10.4. The van der Waals surface area contributed by atoms with E-state index in [9.17, 15) is 0 Å². The molecule has 0 amide bonds. The Bertz CT molecular complexity index is 124. The van der Waals surface area contributed by atoms with Crippen LogP contribution >= 0.6 is 0 Å². The highest BCUT2D eigenvalue weighted by Crippen LogP contribution is 2.09. The third-order valence-corrected chi connectivity index (χ3v) is 2.95. The molecule has 0 unspecified atom stereocenters. The molecule has 2 saturated heterocycles. The summed E-state index contributed by atoms with van der Waals surface area (Å²) >= 11 is 0. The lowest BCUT2D eigenvalue weighted by molar-refractivity contribution is -0.0151. The molecule has 0 aromatic heterocycles. The highest BCUT2D eigenvalue weighted by atomic mass is 16.5. The molecule has 3 heteroatoms. The van der Waals surface area contributed by atoms with Crippen molar-refractivity contribution in [1.29, 1.82) is 0 Å². The van der Waals surface area contributed by atoms with Crippen LogP contribution in [0, 0.1) is 0 Å². The molecule has 0 aromatic rings. The standard InChI is InChI=1S/C10H20N2O/c1-2-6-11(5-1)9-13-10-12-7-3-4-8-12/h1-10H2. The van der Waals surface area contributed by atoms with E-state index < -0.39 is 0 Å². The van der Waals surface area contributed by atoms with Gasteiger partial charge in [-0.2, -0.15) is 0 Å². The van der Waals surface area contributed by atoms with Crippen molar-refractivity contribution in [3.05, 3.63) is 0 Å². The largest absolute Gasteiger partial charge is 0.351 e. The predicted molar refractivity (Wildman–Crippen MR) is 52.4 cm³/mol. The van der Waals surface area contributed by atoms with Crippen LogP contribution in [0.5, 0.6) is 0 Å². The molecular weight excluding hydrogens is 164 g/mol. The molecule has 76 valence electrons. The molecule has 0 bridgehead atoms. The lowest BCUT2D eigenvalue weighted by Crippen LogP contribution is -2.28. The topological polar surface area (TPSA) is 15.7 Å². The smallest absolute Gasteiger partial charge is 0.101 e. The van der Waals surface area contributed by atoms with E-state index in [0.717, 1.165) is 13.5 Å². The highest BCUT2D eigenvalue weighted by molar-refractivity contribution is 4.64. The van der Waals surface area contributed by atoms with E-state index in [-0.39, 0.29) is 0 Å². The van der Waals surface area contributed by atoms with Crippen LogP contribution in [0.1, 0.15) is 25.7 Å². The second kappa shape index (κ2) is 4.94. The summed E-state index contributed by atoms with van der Waals surface area (Å²) < 4.78 is 5.65. The zero-order chi connectivity index (χ0) is 8.93. The van der Waals surface area contributed by atoms with Gasteiger partial charge < -0.3 is 4.74 Å². The monoisotopic (exact) mass is 184 g/mol. The third-order valence-electron chi connectivity index (χ3n) is 2.95. The summed E-state index contributed by atoms with van der Waals surface area (Å²) in [5.41, 5.74) is 0. The van der Waals surface area contributed by atoms with E-state index in [0.29, 0.717) is 0 Å². The molecule has 0 aliphatic carbocycles. The fourth-order valence-corrected chi connectivity index (χ4v) is 2.12. The summed E-state index contributed by atoms with van der Waals surface area (Å²) in [6.07, 6.45) is 5.42. The number of likely N-dealkylation sites (tertiary alicyclic amines) is 2. The average Bonchev–Trinajstić information content (AvgIpc) is 2.75. The Hall–Kier alpha value is -0.120. The first-order valence-corrected chi connectivity index (χ1v) is 5.47. The van der Waals surface area contributed by atoms with Gasteiger partial charge in [0.25, 0.3) is 0 Å². The van der Waals surface area contributed by atoms with E-state index in [1.165, 1.54) is 51.9 Å². The molecule has 0 radical (unpaired) electrons. The Morgan fingerprint density at radius 1 is 0.692 bits per heavy atom. The van der Waals surface area contributed by atoms with Gasteiger partial charge in [-0.05, 0) is 25.7 Å². The number of ether oxygens (including phenoxy) is 1. The molecule has 2 aliphatic rings. The first-order chi connectivity index (χ1) is 6.45. The average molecular weight is 184 g/mol. The van der Waals surface area contributed by atoms with E-state index >= 15 is 0 Å². The molecular formula is C10H20N2O. The van der Waals surface area contributed by atoms with E-state index in [2.05, 4.69) is 9.80 Å². The summed E-state index contributed by atoms with van der Waals surface area (Å²) in [6.45, 7) is 6.63. The number of nitrogens with zero attached hydrogens (tertiary/aromatic N) is 2. The Kier molecular flexibility index (Phi) is 3.58. The minimum absolute atomic E-state index is 0.844. The Morgan fingerprint density at radius 2 is 1.08 bits per heavy atom. The van der Waals surface area contributed by atoms with Crippen molar-refractivity contribution in [1.82, 2.24) is 9.80 Å². The maximum atomic E-state index is 5.65. The lowest BCUT2D eigenvalue weighted by Gasteiger charge is -2.19. The number of hydrogen-bond donors (Lipinski definition) is 0. The van der Waals surface area contributed by atoms with Crippen molar-refractivity contribution in [2.45, 2.75) is 25.7 Å². The van der Waals surface area contributed by atoms with Crippen molar-refractivity contribution in [3.8, 4) is 0 Å². The number of rotatable bonds is 4. The van der Waals surface area contributed by atoms with Gasteiger partial charge in [-0.1, -0.05) is 0 Å². The Balaban J connectivity index is 1.52. The van der Waals surface area contributed by atoms with E-state index in [1.807, 2.05) is 0 Å². The molecule has 2 heterocycles. The maximum absolute atomic E-state index is 5.65. The van der Waals surface area contributed by atoms with E-state index in [4.69, 9.17) is 4.74 Å². The quantitative estimate of drug-likeness (QED) is 0.651. The Morgan fingerprint density at radius 3 is 1.46 bits per heavy atom. The van der Waals surface area contributed by atoms with Crippen LogP contribution in [0.25, 0.3) is 0 Å². The number of hydrogen-bond acceptors (Lipinski definition) is 3. The summed E-state index contributed by atoms with van der Waals surface area (Å²) in [7, 11) is 0. The fraction of sp³-hybridized carbons (Fsp3) is 1.00. The third kappa shape index (κ3) is 2.93. The zero-order valence-corrected chi connectivity index (χ0v) is 8.37. The molecule has 0 atom stereocenters. The molecule has 2 fully saturated rings. The zero-order valence-electron chi connectivity index (χ0n) is 8.37. The van der Waals surface area contributed by atoms with Gasteiger partial charge in [0.05, 0.1) is 0 Å². The molecule has 0 saturated carbocycles. The fourth-order valence-electron chi connectivity index (χ4n) is 2.12. The van der Waals surface area contributed by atoms with Crippen LogP contribution in [-0.2, 0) is 4.74 Å². The van der Waals surface area contributed by atoms with Gasteiger partial charge in [-0.25, -0.2) is 0 Å². The van der Waals surface area contributed by atoms with Crippen LogP contribution in [0.15, 0.2) is 0 Å². The highest BCUT2D eigenvalue weighted by Gasteiger charge is 2.13. The molecule has 2 rings (SSSR count). The van der Waals surface area contributed by atoms with Crippen LogP contribution < -0.4 is 0 Å². The van der Waals surface area contributed by atoms with Crippen molar-refractivity contribution in [2.24, 2.45) is 0 Å². The molecule has 2 aliphatic heterocycles. The molecule has 0 N–H and O–H groups in total. The van der Waals surface area contributed by atoms with Gasteiger partial charge in [0.2, 0.25) is 0 Å². The van der Waals surface area contributed by atoms with Crippen molar-refractivity contribution < 1.29 is 4.74 Å². The predicted octanol–water partition coefficient (Wildman–Crippen LogP) is 1.11. The van der Waals surface area contributed by atoms with Gasteiger partial charge in [-0.15, -0.1) is 0 Å². The van der Waals surface area contributed by atoms with Gasteiger partial charge in [0.15, 0.2) is 0 Å². The summed E-state index contributed by atoms with van der Waals surface area (Å²) in [5, 5.41) is 0. The van der Waals surface area contributed by atoms with E-state index in [1.54, 1.807) is 0 Å². The second-order valence-electron chi connectivity index (χ2n) is 4.11. The minimum Gasteiger partial charge on any atom is -0.351 e. The summed E-state index contributed by atoms with van der Waals surface area (Å²) in [6, 6.07) is 0. The first-order valence-electron chi connectivity index (χ1n) is 5.47. The normalized spacial score (nSPS) is 25.8. The van der Waals surface area contributed by atoms with Crippen molar-refractivity contribution in [2.75, 3.05) is 39.6 Å². The van der Waals surface area contributed by atoms with Crippen molar-refractivity contribution >= 4 is 0 Å². The van der Waals surface area contributed by atoms with Crippen LogP contribution in [0.4, 0.5) is 0 Å². The van der Waals surface area contributed by atoms with Crippen molar-refractivity contribution in [3.63, 3.8) is 0 Å². The van der Waals surface area contributed by atoms with Crippen LogP contribution in [-0.4, -0.2) is 49.4 Å². The van der Waals surface area contributed by atoms with Crippen LogP contribution in [0.2, 0.25) is 0 Å². The maximum Gasteiger partial charge on any atom is 0.101 e. The summed E-state index contributed by atoms with van der Waals surface area (Å²) in [4.78, 5) is 4.80. The van der Waals surface area contributed by atoms with Gasteiger partial charge >= 0.3 is 0 Å². The van der Waals surface area contributed by atoms with Gasteiger partial charge in [-0.3, -0.25) is 9.80 Å². The molecule has 0 spiro atoms. The SMILES string of the molecule is C1CCN(COCN2CCCC2)C1. The molecule has 13 heavy (non-hydrogen) atoms. The molecule has 0 aromatic carbocycles. The second-order valence-corrected chi connectivity index (χ2v) is 4.11. The van der Waals surface area contributed by atoms with Crippen LogP contribution in [0.3, 0.4) is 0 Å². The minimum atomic E-state index is 0.844. The first kappa shape index (κ1) is 9.44. The summed E-state index contributed by atoms with van der Waals surface area (Å²) in [5.74, 6) is 0. The Labute approximate surface area is 80.6 Å². The molecule has 3 nitrogen and oxygen atoms in total. The van der Waals surface area contributed by atoms with Gasteiger partial charge in [0, 0.05) is 26.2 Å².